The first kappa shape index (κ1) is 18.1. The number of thioether (sulfide) groups is 1. The summed E-state index contributed by atoms with van der Waals surface area (Å²) in [4.78, 5) is 23.7. The number of aryl methyl sites for hydroxylation is 1. The van der Waals surface area contributed by atoms with E-state index in [0.717, 1.165) is 11.3 Å². The monoisotopic (exact) mass is 351 g/mol. The average Bonchev–Trinajstić information content (AvgIpc) is 3.04. The molecule has 1 atom stereocenters. The molecule has 24 heavy (non-hydrogen) atoms. The van der Waals surface area contributed by atoms with E-state index in [9.17, 15) is 9.59 Å². The Bertz CT molecular complexity index is 737. The second-order valence-electron chi connectivity index (χ2n) is 5.63. The molecule has 0 bridgehead atoms. The van der Waals surface area contributed by atoms with Gasteiger partial charge in [-0.15, -0.1) is 10.2 Å². The first-order valence-electron chi connectivity index (χ1n) is 7.51. The van der Waals surface area contributed by atoms with Gasteiger partial charge in [0.1, 0.15) is 5.76 Å². The van der Waals surface area contributed by atoms with E-state index in [1.807, 2.05) is 33.9 Å². The van der Waals surface area contributed by atoms with Crippen LogP contribution in [0.2, 0.25) is 0 Å². The van der Waals surface area contributed by atoms with Gasteiger partial charge in [0.05, 0.1) is 17.1 Å². The quantitative estimate of drug-likeness (QED) is 0.800. The lowest BCUT2D eigenvalue weighted by atomic mass is 10.2. The van der Waals surface area contributed by atoms with Gasteiger partial charge in [-0.3, -0.25) is 10.1 Å². The van der Waals surface area contributed by atoms with Crippen molar-refractivity contribution in [3.8, 4) is 11.4 Å². The molecule has 2 heterocycles. The molecule has 0 saturated carbocycles. The molecular weight excluding hydrogens is 330 g/mol. The second kappa shape index (κ2) is 7.52. The normalized spacial score (nSPS) is 12.2. The molecule has 2 aromatic heterocycles. The van der Waals surface area contributed by atoms with Crippen molar-refractivity contribution < 1.29 is 14.0 Å². The summed E-state index contributed by atoms with van der Waals surface area (Å²) in [6.45, 7) is 7.20. The molecule has 0 radical (unpaired) electrons. The van der Waals surface area contributed by atoms with Crippen molar-refractivity contribution in [1.82, 2.24) is 25.4 Å². The van der Waals surface area contributed by atoms with E-state index in [4.69, 9.17) is 4.42 Å². The average molecular weight is 351 g/mol. The molecule has 0 spiro atoms. The molecule has 3 amide bonds. The van der Waals surface area contributed by atoms with Gasteiger partial charge in [0.2, 0.25) is 5.91 Å². The van der Waals surface area contributed by atoms with E-state index in [2.05, 4.69) is 20.8 Å². The Labute approximate surface area is 144 Å². The predicted octanol–water partition coefficient (Wildman–Crippen LogP) is 2.10. The minimum Gasteiger partial charge on any atom is -0.469 e. The number of furan rings is 1. The SMILES string of the molecule is Cc1occc1-c1nnc(S[C@@H](C)C(=O)NC(=O)NC(C)C)n1C. The number of nitrogens with one attached hydrogen (secondary N) is 2. The zero-order valence-electron chi connectivity index (χ0n) is 14.3. The second-order valence-corrected chi connectivity index (χ2v) is 6.94. The largest absolute Gasteiger partial charge is 0.469 e. The number of aromatic nitrogens is 3. The lowest BCUT2D eigenvalue weighted by Crippen LogP contribution is -2.45. The van der Waals surface area contributed by atoms with Crippen LogP contribution in [-0.2, 0) is 11.8 Å². The van der Waals surface area contributed by atoms with Crippen molar-refractivity contribution in [2.75, 3.05) is 0 Å². The smallest absolute Gasteiger partial charge is 0.321 e. The van der Waals surface area contributed by atoms with E-state index in [1.165, 1.54) is 11.8 Å². The molecule has 8 nitrogen and oxygen atoms in total. The number of carbonyl (C=O) groups excluding carboxylic acids is 2. The van der Waals surface area contributed by atoms with Crippen LogP contribution in [0.5, 0.6) is 0 Å². The van der Waals surface area contributed by atoms with Gasteiger partial charge in [-0.25, -0.2) is 4.79 Å². The maximum absolute atomic E-state index is 12.1. The van der Waals surface area contributed by atoms with Gasteiger partial charge >= 0.3 is 6.03 Å². The fourth-order valence-electron chi connectivity index (χ4n) is 1.99. The summed E-state index contributed by atoms with van der Waals surface area (Å²) in [7, 11) is 1.82. The summed E-state index contributed by atoms with van der Waals surface area (Å²) >= 11 is 1.23. The molecule has 2 N–H and O–H groups in total. The highest BCUT2D eigenvalue weighted by atomic mass is 32.2. The number of amides is 3. The van der Waals surface area contributed by atoms with Gasteiger partial charge in [-0.1, -0.05) is 11.8 Å². The van der Waals surface area contributed by atoms with Crippen LogP contribution in [0.4, 0.5) is 4.79 Å². The fraction of sp³-hybridized carbons (Fsp3) is 0.467. The Balaban J connectivity index is 2.03. The molecule has 2 rings (SSSR count). The number of rotatable bonds is 5. The van der Waals surface area contributed by atoms with Crippen LogP contribution in [0.25, 0.3) is 11.4 Å². The Morgan fingerprint density at radius 1 is 1.29 bits per heavy atom. The Hall–Kier alpha value is -2.29. The van der Waals surface area contributed by atoms with E-state index < -0.39 is 11.3 Å². The van der Waals surface area contributed by atoms with Gasteiger partial charge in [-0.2, -0.15) is 0 Å². The minimum atomic E-state index is -0.505. The molecule has 0 aromatic carbocycles. The molecule has 9 heteroatoms. The molecular formula is C15H21N5O3S. The highest BCUT2D eigenvalue weighted by molar-refractivity contribution is 8.00. The predicted molar refractivity (Wildman–Crippen MR) is 90.6 cm³/mol. The van der Waals surface area contributed by atoms with Crippen LogP contribution in [0, 0.1) is 6.92 Å². The number of carbonyl (C=O) groups is 2. The highest BCUT2D eigenvalue weighted by Gasteiger charge is 2.22. The summed E-state index contributed by atoms with van der Waals surface area (Å²) < 4.78 is 7.07. The maximum atomic E-state index is 12.1. The van der Waals surface area contributed by atoms with Crippen LogP contribution < -0.4 is 10.6 Å². The van der Waals surface area contributed by atoms with Crippen molar-refractivity contribution in [1.29, 1.82) is 0 Å². The third kappa shape index (κ3) is 4.16. The first-order valence-corrected chi connectivity index (χ1v) is 8.39. The third-order valence-electron chi connectivity index (χ3n) is 3.24. The van der Waals surface area contributed by atoms with Gasteiger partial charge in [0.15, 0.2) is 11.0 Å². The summed E-state index contributed by atoms with van der Waals surface area (Å²) in [6.07, 6.45) is 1.59. The molecule has 0 fully saturated rings. The zero-order valence-corrected chi connectivity index (χ0v) is 15.1. The number of hydrogen-bond donors (Lipinski definition) is 2. The third-order valence-corrected chi connectivity index (χ3v) is 4.38. The number of hydrogen-bond acceptors (Lipinski definition) is 6. The lowest BCUT2D eigenvalue weighted by Gasteiger charge is -2.13. The van der Waals surface area contributed by atoms with Crippen molar-refractivity contribution in [3.63, 3.8) is 0 Å². The first-order chi connectivity index (χ1) is 11.3. The van der Waals surface area contributed by atoms with Crippen molar-refractivity contribution in [2.45, 2.75) is 44.1 Å². The molecule has 0 aliphatic carbocycles. The van der Waals surface area contributed by atoms with Crippen molar-refractivity contribution >= 4 is 23.7 Å². The zero-order chi connectivity index (χ0) is 17.9. The van der Waals surface area contributed by atoms with Gasteiger partial charge in [-0.05, 0) is 33.8 Å². The van der Waals surface area contributed by atoms with Crippen LogP contribution in [0.15, 0.2) is 21.9 Å². The van der Waals surface area contributed by atoms with Crippen LogP contribution >= 0.6 is 11.8 Å². The van der Waals surface area contributed by atoms with E-state index in [1.54, 1.807) is 17.8 Å². The summed E-state index contributed by atoms with van der Waals surface area (Å²) in [5.41, 5.74) is 0.852. The number of nitrogens with zero attached hydrogens (tertiary/aromatic N) is 3. The van der Waals surface area contributed by atoms with Gasteiger partial charge in [0, 0.05) is 13.1 Å². The summed E-state index contributed by atoms with van der Waals surface area (Å²) in [6, 6.07) is 1.27. The summed E-state index contributed by atoms with van der Waals surface area (Å²) in [5.74, 6) is 1.02. The number of urea groups is 1. The topological polar surface area (TPSA) is 102 Å². The highest BCUT2D eigenvalue weighted by Crippen LogP contribution is 2.27. The van der Waals surface area contributed by atoms with Crippen molar-refractivity contribution in [2.24, 2.45) is 7.05 Å². The van der Waals surface area contributed by atoms with Crippen LogP contribution in [-0.4, -0.2) is 38.0 Å². The van der Waals surface area contributed by atoms with Crippen LogP contribution in [0.1, 0.15) is 26.5 Å². The molecule has 130 valence electrons. The molecule has 0 aliphatic rings. The molecule has 2 aromatic rings. The standard InChI is InChI=1S/C15H21N5O3S/c1-8(2)16-14(22)17-13(21)10(4)24-15-19-18-12(20(15)5)11-6-7-23-9(11)3/h6-8,10H,1-5H3,(H2,16,17,21,22)/t10-/m0/s1. The molecule has 0 unspecified atom stereocenters. The summed E-state index contributed by atoms with van der Waals surface area (Å²) in [5, 5.41) is 13.3. The van der Waals surface area contributed by atoms with E-state index >= 15 is 0 Å². The van der Waals surface area contributed by atoms with Crippen molar-refractivity contribution in [3.05, 3.63) is 18.1 Å². The molecule has 0 saturated heterocycles. The lowest BCUT2D eigenvalue weighted by molar-refractivity contribution is -0.119. The van der Waals surface area contributed by atoms with E-state index in [0.29, 0.717) is 11.0 Å². The Morgan fingerprint density at radius 2 is 2.00 bits per heavy atom. The minimum absolute atomic E-state index is 0.0414. The van der Waals surface area contributed by atoms with Gasteiger partial charge in [0.25, 0.3) is 0 Å². The van der Waals surface area contributed by atoms with Crippen LogP contribution in [0.3, 0.4) is 0 Å². The fourth-order valence-corrected chi connectivity index (χ4v) is 2.81. The number of imide groups is 1. The Kier molecular flexibility index (Phi) is 5.66. The van der Waals surface area contributed by atoms with Gasteiger partial charge < -0.3 is 14.3 Å². The van der Waals surface area contributed by atoms with E-state index in [-0.39, 0.29) is 11.9 Å². The molecule has 0 aliphatic heterocycles. The maximum Gasteiger partial charge on any atom is 0.321 e. The Morgan fingerprint density at radius 3 is 2.58 bits per heavy atom.